The Morgan fingerprint density at radius 3 is 2.45 bits per heavy atom. The molecule has 214 valence electrons. The third-order valence-corrected chi connectivity index (χ3v) is 5.42. The van der Waals surface area contributed by atoms with E-state index in [1.165, 1.54) is 24.2 Å². The van der Waals surface area contributed by atoms with Crippen LogP contribution in [0.2, 0.25) is 0 Å². The molecule has 1 amide bonds. The van der Waals surface area contributed by atoms with Crippen molar-refractivity contribution in [2.24, 2.45) is 12.0 Å². The van der Waals surface area contributed by atoms with Gasteiger partial charge in [-0.05, 0) is 24.6 Å². The van der Waals surface area contributed by atoms with E-state index in [1.807, 2.05) is 38.1 Å². The van der Waals surface area contributed by atoms with Gasteiger partial charge in [0.2, 0.25) is 11.7 Å². The molecule has 0 fully saturated rings. The van der Waals surface area contributed by atoms with E-state index < -0.39 is 11.7 Å². The van der Waals surface area contributed by atoms with Gasteiger partial charge in [0.25, 0.3) is 5.89 Å². The van der Waals surface area contributed by atoms with Crippen molar-refractivity contribution in [1.82, 2.24) is 24.8 Å². The lowest BCUT2D eigenvalue weighted by Gasteiger charge is -2.15. The number of hydrogen-bond acceptors (Lipinski definition) is 7. The predicted molar refractivity (Wildman–Crippen MR) is 147 cm³/mol. The first kappa shape index (κ1) is 31.7. The molecule has 2 aromatic heterocycles. The number of amides is 1. The number of carbonyl (C=O) groups is 1. The molecule has 0 unspecified atom stereocenters. The van der Waals surface area contributed by atoms with Crippen molar-refractivity contribution in [3.8, 4) is 22.8 Å². The fourth-order valence-corrected chi connectivity index (χ4v) is 3.31. The standard InChI is InChI=1S/C26H27F3N6O3.C2H6/c1-6-21(26(27,28)29)12-7-17(2)37-15-23-22(13-31-34(23)5)25-32-24(33-38-25)20-10-8-19(9-11-20)14-35(16-30-4)18(3)36;1-2/h6-13,16H,1,14-15H2,2-5H3;1-2H3/b17-7+,21-12+,30-16?;. The van der Waals surface area contributed by atoms with E-state index in [1.54, 1.807) is 31.9 Å². The summed E-state index contributed by atoms with van der Waals surface area (Å²) >= 11 is 0. The maximum atomic E-state index is 12.9. The Hall–Kier alpha value is -4.48. The zero-order chi connectivity index (χ0) is 29.9. The van der Waals surface area contributed by atoms with Gasteiger partial charge in [0.1, 0.15) is 6.61 Å². The van der Waals surface area contributed by atoms with E-state index in [0.717, 1.165) is 17.7 Å². The average molecular weight is 559 g/mol. The fraction of sp³-hybridized carbons (Fsp3) is 0.321. The molecule has 40 heavy (non-hydrogen) atoms. The molecule has 9 nitrogen and oxygen atoms in total. The van der Waals surface area contributed by atoms with Gasteiger partial charge < -0.3 is 9.26 Å². The van der Waals surface area contributed by atoms with Crippen molar-refractivity contribution < 1.29 is 27.2 Å². The quantitative estimate of drug-likeness (QED) is 0.126. The number of nitrogens with zero attached hydrogens (tertiary/aromatic N) is 6. The number of rotatable bonds is 10. The average Bonchev–Trinajstić information content (AvgIpc) is 3.55. The first-order valence-electron chi connectivity index (χ1n) is 12.4. The SMILES string of the molecule is C=C/C(=C\C=C(/C)OCc1c(-c2nc(-c3ccc(CN(C=NC)C(C)=O)cc3)no2)cnn1C)C(F)(F)F.CC. The Morgan fingerprint density at radius 2 is 1.88 bits per heavy atom. The smallest absolute Gasteiger partial charge is 0.416 e. The Balaban J connectivity index is 0.00000274. The molecule has 0 saturated carbocycles. The maximum Gasteiger partial charge on any atom is 0.416 e. The van der Waals surface area contributed by atoms with Crippen LogP contribution in [0.5, 0.6) is 0 Å². The van der Waals surface area contributed by atoms with Crippen molar-refractivity contribution in [3.05, 3.63) is 77.9 Å². The van der Waals surface area contributed by atoms with Gasteiger partial charge in [-0.3, -0.25) is 19.4 Å². The maximum absolute atomic E-state index is 12.9. The van der Waals surface area contributed by atoms with Gasteiger partial charge in [-0.15, -0.1) is 0 Å². The molecular formula is C28H33F3N6O3. The number of aryl methyl sites for hydroxylation is 1. The van der Waals surface area contributed by atoms with Gasteiger partial charge in [-0.1, -0.05) is 55.9 Å². The lowest BCUT2D eigenvalue weighted by atomic mass is 10.1. The van der Waals surface area contributed by atoms with E-state index in [2.05, 4.69) is 26.8 Å². The third kappa shape index (κ3) is 8.52. The Labute approximate surface area is 231 Å². The number of halogens is 3. The number of carbonyl (C=O) groups excluding carboxylic acids is 1. The normalized spacial score (nSPS) is 12.2. The Morgan fingerprint density at radius 1 is 1.20 bits per heavy atom. The van der Waals surface area contributed by atoms with Crippen LogP contribution in [0.25, 0.3) is 22.8 Å². The van der Waals surface area contributed by atoms with Crippen LogP contribution in [0.1, 0.15) is 39.0 Å². The van der Waals surface area contributed by atoms with Gasteiger partial charge in [-0.25, -0.2) is 0 Å². The van der Waals surface area contributed by atoms with Crippen LogP contribution < -0.4 is 0 Å². The highest BCUT2D eigenvalue weighted by Crippen LogP contribution is 2.28. The fourth-order valence-electron chi connectivity index (χ4n) is 3.31. The topological polar surface area (TPSA) is 98.6 Å². The minimum Gasteiger partial charge on any atom is -0.492 e. The highest BCUT2D eigenvalue weighted by atomic mass is 19.4. The number of alkyl halides is 3. The number of hydrogen-bond donors (Lipinski definition) is 0. The molecule has 0 aliphatic carbocycles. The molecular weight excluding hydrogens is 525 g/mol. The summed E-state index contributed by atoms with van der Waals surface area (Å²) in [5, 5.41) is 8.27. The second-order valence-corrected chi connectivity index (χ2v) is 8.16. The van der Waals surface area contributed by atoms with Gasteiger partial charge in [0.05, 0.1) is 41.7 Å². The van der Waals surface area contributed by atoms with Crippen LogP contribution >= 0.6 is 0 Å². The van der Waals surface area contributed by atoms with Gasteiger partial charge >= 0.3 is 6.18 Å². The molecule has 2 heterocycles. The molecule has 0 saturated heterocycles. The number of ether oxygens (including phenoxy) is 1. The van der Waals surface area contributed by atoms with E-state index in [9.17, 15) is 18.0 Å². The van der Waals surface area contributed by atoms with Gasteiger partial charge in [0, 0.05) is 26.6 Å². The molecule has 3 aromatic rings. The number of allylic oxidation sites excluding steroid dienone is 5. The largest absolute Gasteiger partial charge is 0.492 e. The Bertz CT molecular complexity index is 1370. The van der Waals surface area contributed by atoms with Crippen LogP contribution in [0.4, 0.5) is 13.2 Å². The number of aliphatic imine (C=N–C) groups is 1. The zero-order valence-corrected chi connectivity index (χ0v) is 23.4. The van der Waals surface area contributed by atoms with Crippen molar-refractivity contribution in [2.45, 2.75) is 47.0 Å². The van der Waals surface area contributed by atoms with E-state index in [-0.39, 0.29) is 24.2 Å². The third-order valence-electron chi connectivity index (χ3n) is 5.42. The molecule has 0 aliphatic heterocycles. The van der Waals surface area contributed by atoms with Crippen molar-refractivity contribution in [1.29, 1.82) is 0 Å². The summed E-state index contributed by atoms with van der Waals surface area (Å²) in [5.74, 6) is 0.709. The zero-order valence-electron chi connectivity index (χ0n) is 23.4. The summed E-state index contributed by atoms with van der Waals surface area (Å²) in [4.78, 5) is 21.6. The van der Waals surface area contributed by atoms with E-state index in [0.29, 0.717) is 29.2 Å². The van der Waals surface area contributed by atoms with Crippen LogP contribution in [0, 0.1) is 0 Å². The number of aromatic nitrogens is 4. The Kier molecular flexibility index (Phi) is 11.6. The summed E-state index contributed by atoms with van der Waals surface area (Å²) in [5.41, 5.74) is 1.85. The second-order valence-electron chi connectivity index (χ2n) is 8.16. The lowest BCUT2D eigenvalue weighted by molar-refractivity contribution is -0.125. The molecule has 0 spiro atoms. The summed E-state index contributed by atoms with van der Waals surface area (Å²) in [6.45, 7) is 10.6. The highest BCUT2D eigenvalue weighted by Gasteiger charge is 2.30. The summed E-state index contributed by atoms with van der Waals surface area (Å²) in [6.07, 6.45) is 1.39. The molecule has 0 atom stereocenters. The highest BCUT2D eigenvalue weighted by molar-refractivity contribution is 5.85. The molecule has 12 heteroatoms. The summed E-state index contributed by atoms with van der Waals surface area (Å²) in [6, 6.07) is 7.35. The predicted octanol–water partition coefficient (Wildman–Crippen LogP) is 6.27. The van der Waals surface area contributed by atoms with Gasteiger partial charge in [-0.2, -0.15) is 23.3 Å². The van der Waals surface area contributed by atoms with Crippen molar-refractivity contribution >= 4 is 12.2 Å². The van der Waals surface area contributed by atoms with Gasteiger partial charge in [0.15, 0.2) is 0 Å². The lowest BCUT2D eigenvalue weighted by Crippen LogP contribution is -2.26. The second kappa shape index (κ2) is 14.6. The van der Waals surface area contributed by atoms with Crippen molar-refractivity contribution in [3.63, 3.8) is 0 Å². The minimum atomic E-state index is -4.50. The van der Waals surface area contributed by atoms with Crippen molar-refractivity contribution in [2.75, 3.05) is 7.05 Å². The molecule has 1 aromatic carbocycles. The minimum absolute atomic E-state index is 0.0115. The molecule has 0 aliphatic rings. The molecule has 0 N–H and O–H groups in total. The monoisotopic (exact) mass is 558 g/mol. The van der Waals surface area contributed by atoms with Crippen LogP contribution in [-0.4, -0.2) is 50.3 Å². The van der Waals surface area contributed by atoms with Crippen LogP contribution in [0.3, 0.4) is 0 Å². The molecule has 3 rings (SSSR count). The van der Waals surface area contributed by atoms with E-state index in [4.69, 9.17) is 9.26 Å². The summed E-state index contributed by atoms with van der Waals surface area (Å²) < 4.78 is 51.2. The molecule has 0 bridgehead atoms. The van der Waals surface area contributed by atoms with Crippen LogP contribution in [-0.2, 0) is 29.7 Å². The molecule has 0 radical (unpaired) electrons. The van der Waals surface area contributed by atoms with E-state index >= 15 is 0 Å². The van der Waals surface area contributed by atoms with Crippen LogP contribution in [0.15, 0.2) is 76.1 Å². The first-order chi connectivity index (χ1) is 19.0. The summed E-state index contributed by atoms with van der Waals surface area (Å²) in [7, 11) is 3.30. The number of benzene rings is 1. The first-order valence-corrected chi connectivity index (χ1v) is 12.4.